The van der Waals surface area contributed by atoms with Crippen molar-refractivity contribution in [3.63, 3.8) is 0 Å². The Morgan fingerprint density at radius 2 is 1.97 bits per heavy atom. The molecule has 1 aliphatic rings. The van der Waals surface area contributed by atoms with E-state index in [1.807, 2.05) is 33.0 Å². The fourth-order valence-electron chi connectivity index (χ4n) is 4.24. The summed E-state index contributed by atoms with van der Waals surface area (Å²) in [6.45, 7) is 5.29. The number of aliphatic hydroxyl groups excluding tert-OH is 1. The Labute approximate surface area is 216 Å². The Morgan fingerprint density at radius 1 is 1.22 bits per heavy atom. The summed E-state index contributed by atoms with van der Waals surface area (Å²) in [5, 5.41) is 9.86. The van der Waals surface area contributed by atoms with Gasteiger partial charge < -0.3 is 14.7 Å². The Hall–Kier alpha value is -3.80. The van der Waals surface area contributed by atoms with Gasteiger partial charge in [-0.3, -0.25) is 14.7 Å². The maximum absolute atomic E-state index is 13.6. The van der Waals surface area contributed by atoms with Crippen molar-refractivity contribution in [3.05, 3.63) is 89.1 Å². The lowest BCUT2D eigenvalue weighted by molar-refractivity contribution is 0.0325. The summed E-state index contributed by atoms with van der Waals surface area (Å²) in [4.78, 5) is 25.9. The summed E-state index contributed by atoms with van der Waals surface area (Å²) >= 11 is 0. The van der Waals surface area contributed by atoms with Gasteiger partial charge in [-0.05, 0) is 49.9 Å². The van der Waals surface area contributed by atoms with Gasteiger partial charge >= 0.3 is 0 Å². The number of amides is 1. The first-order valence-electron chi connectivity index (χ1n) is 12.3. The van der Waals surface area contributed by atoms with Gasteiger partial charge in [0.1, 0.15) is 17.5 Å². The molecule has 0 saturated heterocycles. The molecule has 2 aromatic heterocycles. The van der Waals surface area contributed by atoms with Crippen molar-refractivity contribution >= 4 is 5.91 Å². The Bertz CT molecular complexity index is 1270. The minimum absolute atomic E-state index is 0.0337. The lowest BCUT2D eigenvalue weighted by Crippen LogP contribution is -2.49. The highest BCUT2D eigenvalue weighted by atomic mass is 19.1. The molecule has 0 spiro atoms. The van der Waals surface area contributed by atoms with Gasteiger partial charge in [0.15, 0.2) is 0 Å². The Morgan fingerprint density at radius 3 is 2.68 bits per heavy atom. The molecule has 1 N–H and O–H groups in total. The van der Waals surface area contributed by atoms with Gasteiger partial charge in [0.2, 0.25) is 5.88 Å². The van der Waals surface area contributed by atoms with Crippen LogP contribution in [0.1, 0.15) is 40.9 Å². The first kappa shape index (κ1) is 26.3. The number of nitrogens with zero attached hydrogens (tertiary/aromatic N) is 4. The lowest BCUT2D eigenvalue weighted by Gasteiger charge is -2.37. The van der Waals surface area contributed by atoms with Crippen LogP contribution in [0.15, 0.2) is 61.1 Å². The Balaban J connectivity index is 1.61. The molecule has 3 heterocycles. The van der Waals surface area contributed by atoms with Crippen LogP contribution >= 0.6 is 0 Å². The van der Waals surface area contributed by atoms with Crippen LogP contribution in [0.3, 0.4) is 0 Å². The molecule has 1 amide bonds. The first-order valence-corrected chi connectivity index (χ1v) is 12.3. The molecule has 0 unspecified atom stereocenters. The van der Waals surface area contributed by atoms with Crippen molar-refractivity contribution in [1.82, 2.24) is 19.8 Å². The number of hydrogen-bond donors (Lipinski definition) is 1. The fraction of sp³-hybridized carbons (Fsp3) is 0.345. The van der Waals surface area contributed by atoms with Gasteiger partial charge in [-0.1, -0.05) is 30.9 Å². The molecule has 3 aromatic rings. The van der Waals surface area contributed by atoms with Crippen molar-refractivity contribution in [1.29, 1.82) is 0 Å². The number of rotatable bonds is 6. The van der Waals surface area contributed by atoms with E-state index in [1.165, 1.54) is 12.1 Å². The predicted octanol–water partition coefficient (Wildman–Crippen LogP) is 3.37. The third-order valence-corrected chi connectivity index (χ3v) is 6.39. The maximum Gasteiger partial charge on any atom is 0.259 e. The fourth-order valence-corrected chi connectivity index (χ4v) is 4.24. The first-order chi connectivity index (χ1) is 17.8. The SMILES string of the molecule is C[C@@H]1CN([C@@H](C)CO)C(=O)c2cc(C#Cc3cccnc3)cnc2O[C@H]1CN(C)Cc1ccc(F)cc1. The third-order valence-electron chi connectivity index (χ3n) is 6.39. The minimum Gasteiger partial charge on any atom is -0.472 e. The summed E-state index contributed by atoms with van der Waals surface area (Å²) in [5.41, 5.74) is 2.64. The highest BCUT2D eigenvalue weighted by Gasteiger charge is 2.34. The largest absolute Gasteiger partial charge is 0.472 e. The van der Waals surface area contributed by atoms with Crippen molar-refractivity contribution in [2.75, 3.05) is 26.7 Å². The monoisotopic (exact) mass is 502 g/mol. The number of halogens is 1. The summed E-state index contributed by atoms with van der Waals surface area (Å²) in [7, 11) is 1.98. The highest BCUT2D eigenvalue weighted by Crippen LogP contribution is 2.27. The zero-order valence-corrected chi connectivity index (χ0v) is 21.3. The van der Waals surface area contributed by atoms with E-state index in [1.54, 1.807) is 41.7 Å². The van der Waals surface area contributed by atoms with Crippen LogP contribution in [0, 0.1) is 23.6 Å². The highest BCUT2D eigenvalue weighted by molar-refractivity contribution is 5.97. The quantitative estimate of drug-likeness (QED) is 0.521. The van der Waals surface area contributed by atoms with E-state index in [9.17, 15) is 14.3 Å². The zero-order valence-electron chi connectivity index (χ0n) is 21.3. The van der Waals surface area contributed by atoms with E-state index in [-0.39, 0.29) is 42.3 Å². The van der Waals surface area contributed by atoms with E-state index in [2.05, 4.69) is 26.7 Å². The molecule has 8 heteroatoms. The molecule has 0 saturated carbocycles. The average molecular weight is 503 g/mol. The number of pyridine rings is 2. The van der Waals surface area contributed by atoms with Crippen LogP contribution in [-0.4, -0.2) is 69.7 Å². The zero-order chi connectivity index (χ0) is 26.4. The van der Waals surface area contributed by atoms with Gasteiger partial charge in [-0.15, -0.1) is 0 Å². The number of likely N-dealkylation sites (N-methyl/N-ethyl adjacent to an activating group) is 1. The van der Waals surface area contributed by atoms with Crippen LogP contribution < -0.4 is 4.74 Å². The van der Waals surface area contributed by atoms with Gasteiger partial charge in [-0.2, -0.15) is 0 Å². The number of aliphatic hydroxyl groups is 1. The van der Waals surface area contributed by atoms with Crippen LogP contribution in [0.5, 0.6) is 5.88 Å². The molecule has 0 fully saturated rings. The number of aromatic nitrogens is 2. The van der Waals surface area contributed by atoms with Crippen molar-refractivity contribution < 1.29 is 19.0 Å². The van der Waals surface area contributed by atoms with Gasteiger partial charge in [0, 0.05) is 55.3 Å². The lowest BCUT2D eigenvalue weighted by atomic mass is 9.99. The number of carbonyl (C=O) groups excluding carboxylic acids is 1. The summed E-state index contributed by atoms with van der Waals surface area (Å²) in [6.07, 6.45) is 4.67. The second kappa shape index (κ2) is 12.0. The van der Waals surface area contributed by atoms with Crippen molar-refractivity contribution in [2.45, 2.75) is 32.5 Å². The molecular weight excluding hydrogens is 471 g/mol. The standard InChI is InChI=1S/C29H31FN4O3/c1-20-16-34(21(2)19-35)29(36)26-13-24(7-6-22-5-4-12-31-14-22)15-32-28(26)37-27(20)18-33(3)17-23-8-10-25(30)11-9-23/h4-5,8-15,20-21,27,35H,16-19H2,1-3H3/t20-,21+,27+/m1/s1. The average Bonchev–Trinajstić information content (AvgIpc) is 2.91. The topological polar surface area (TPSA) is 78.8 Å². The van der Waals surface area contributed by atoms with E-state index < -0.39 is 0 Å². The molecule has 0 aliphatic carbocycles. The number of hydrogen-bond acceptors (Lipinski definition) is 6. The van der Waals surface area contributed by atoms with Gasteiger partial charge in [-0.25, -0.2) is 9.37 Å². The van der Waals surface area contributed by atoms with Crippen LogP contribution in [0.2, 0.25) is 0 Å². The smallest absolute Gasteiger partial charge is 0.259 e. The molecule has 3 atom stereocenters. The van der Waals surface area contributed by atoms with Crippen molar-refractivity contribution in [2.24, 2.45) is 5.92 Å². The van der Waals surface area contributed by atoms with E-state index in [4.69, 9.17) is 4.74 Å². The summed E-state index contributed by atoms with van der Waals surface area (Å²) in [6, 6.07) is 11.4. The van der Waals surface area contributed by atoms with Crippen LogP contribution in [0.4, 0.5) is 4.39 Å². The number of benzene rings is 1. The van der Waals surface area contributed by atoms with E-state index >= 15 is 0 Å². The molecule has 7 nitrogen and oxygen atoms in total. The van der Waals surface area contributed by atoms with E-state index in [0.29, 0.717) is 30.8 Å². The maximum atomic E-state index is 13.6. The normalized spacial score (nSPS) is 18.2. The van der Waals surface area contributed by atoms with E-state index in [0.717, 1.165) is 11.1 Å². The minimum atomic E-state index is -0.372. The number of ether oxygens (including phenoxy) is 1. The second-order valence-corrected chi connectivity index (χ2v) is 9.51. The molecule has 0 bridgehead atoms. The number of fused-ring (bicyclic) bond motifs is 1. The Kier molecular flexibility index (Phi) is 8.49. The predicted molar refractivity (Wildman–Crippen MR) is 138 cm³/mol. The van der Waals surface area contributed by atoms with Gasteiger partial charge in [0.05, 0.1) is 12.6 Å². The molecule has 37 heavy (non-hydrogen) atoms. The summed E-state index contributed by atoms with van der Waals surface area (Å²) in [5.74, 6) is 5.78. The van der Waals surface area contributed by atoms with Gasteiger partial charge in [0.25, 0.3) is 5.91 Å². The molecule has 192 valence electrons. The molecule has 4 rings (SSSR count). The van der Waals surface area contributed by atoms with Crippen molar-refractivity contribution in [3.8, 4) is 17.7 Å². The number of carbonyl (C=O) groups is 1. The van der Waals surface area contributed by atoms with Crippen LogP contribution in [0.25, 0.3) is 0 Å². The van der Waals surface area contributed by atoms with Crippen LogP contribution in [-0.2, 0) is 6.54 Å². The molecule has 0 radical (unpaired) electrons. The summed E-state index contributed by atoms with van der Waals surface area (Å²) < 4.78 is 19.6. The molecule has 1 aliphatic heterocycles. The molecule has 1 aromatic carbocycles. The molecular formula is C29H31FN4O3. The third kappa shape index (κ3) is 6.70. The second-order valence-electron chi connectivity index (χ2n) is 9.51.